The third kappa shape index (κ3) is 5.46. The molecule has 0 aliphatic heterocycles. The second-order valence-electron chi connectivity index (χ2n) is 8.61. The van der Waals surface area contributed by atoms with E-state index in [9.17, 15) is 13.2 Å². The molecule has 0 aliphatic rings. The zero-order valence-electron chi connectivity index (χ0n) is 20.1. The molecule has 0 saturated carbocycles. The topological polar surface area (TPSA) is 84.5 Å². The minimum Gasteiger partial charge on any atom is -0.481 e. The molecule has 1 atom stereocenters. The van der Waals surface area contributed by atoms with Crippen molar-refractivity contribution < 1.29 is 17.9 Å². The number of ether oxygens (including phenoxy) is 1. The van der Waals surface area contributed by atoms with E-state index >= 15 is 0 Å². The van der Waals surface area contributed by atoms with Crippen molar-refractivity contribution in [1.29, 1.82) is 0 Å². The average molecular weight is 489 g/mol. The highest BCUT2D eigenvalue weighted by atomic mass is 32.2. The Hall–Kier alpha value is -3.84. The summed E-state index contributed by atoms with van der Waals surface area (Å²) >= 11 is 0. The molecule has 7 heteroatoms. The molecule has 0 spiro atoms. The Labute approximate surface area is 206 Å². The standard InChI is InChI=1S/C28H28N2O4S/c1-18-16-19(2)20(3)27(17-18)34-21(4)28(31)29-23-12-14-24(15-13-23)35(32,33)30-26-11-7-9-22-8-5-6-10-25(22)26/h5-17,21,30H,1-4H3,(H,29,31)/t21-/m0/s1. The molecule has 35 heavy (non-hydrogen) atoms. The van der Waals surface area contributed by atoms with Gasteiger partial charge in [-0.25, -0.2) is 8.42 Å². The van der Waals surface area contributed by atoms with Crippen molar-refractivity contribution in [2.24, 2.45) is 0 Å². The van der Waals surface area contributed by atoms with E-state index in [2.05, 4.69) is 16.1 Å². The molecule has 0 aromatic heterocycles. The minimum absolute atomic E-state index is 0.0959. The summed E-state index contributed by atoms with van der Waals surface area (Å²) in [4.78, 5) is 12.8. The number of aryl methyl sites for hydroxylation is 2. The van der Waals surface area contributed by atoms with Crippen LogP contribution in [0.3, 0.4) is 0 Å². The molecule has 0 radical (unpaired) electrons. The van der Waals surface area contributed by atoms with Gasteiger partial charge in [-0.1, -0.05) is 42.5 Å². The molecule has 0 fully saturated rings. The molecule has 0 unspecified atom stereocenters. The monoisotopic (exact) mass is 488 g/mol. The summed E-state index contributed by atoms with van der Waals surface area (Å²) in [6, 6.07) is 23.1. The van der Waals surface area contributed by atoms with Gasteiger partial charge >= 0.3 is 0 Å². The fourth-order valence-electron chi connectivity index (χ4n) is 3.85. The van der Waals surface area contributed by atoms with Crippen molar-refractivity contribution in [1.82, 2.24) is 0 Å². The molecule has 2 N–H and O–H groups in total. The number of carbonyl (C=O) groups is 1. The molecule has 4 aromatic rings. The van der Waals surface area contributed by atoms with E-state index < -0.39 is 16.1 Å². The molecule has 0 aliphatic carbocycles. The lowest BCUT2D eigenvalue weighted by atomic mass is 10.1. The van der Waals surface area contributed by atoms with Gasteiger partial charge in [-0.3, -0.25) is 9.52 Å². The van der Waals surface area contributed by atoms with Crippen LogP contribution in [0.4, 0.5) is 11.4 Å². The lowest BCUT2D eigenvalue weighted by molar-refractivity contribution is -0.122. The molecule has 180 valence electrons. The first-order chi connectivity index (χ1) is 16.6. The van der Waals surface area contributed by atoms with Crippen LogP contribution in [0.25, 0.3) is 10.8 Å². The van der Waals surface area contributed by atoms with Gasteiger partial charge in [-0.15, -0.1) is 0 Å². The fraction of sp³-hybridized carbons (Fsp3) is 0.179. The van der Waals surface area contributed by atoms with Crippen LogP contribution in [0.5, 0.6) is 5.75 Å². The van der Waals surface area contributed by atoms with E-state index in [1.807, 2.05) is 63.2 Å². The molecule has 4 rings (SSSR count). The summed E-state index contributed by atoms with van der Waals surface area (Å²) in [5, 5.41) is 4.54. The number of nitrogens with one attached hydrogen (secondary N) is 2. The van der Waals surface area contributed by atoms with Crippen LogP contribution in [-0.2, 0) is 14.8 Å². The van der Waals surface area contributed by atoms with Crippen molar-refractivity contribution in [3.63, 3.8) is 0 Å². The predicted octanol–water partition coefficient (Wildman–Crippen LogP) is 5.97. The molecule has 0 saturated heterocycles. The van der Waals surface area contributed by atoms with Gasteiger partial charge in [0.1, 0.15) is 5.75 Å². The second kappa shape index (κ2) is 9.80. The number of carbonyl (C=O) groups excluding carboxylic acids is 1. The van der Waals surface area contributed by atoms with E-state index in [0.717, 1.165) is 27.5 Å². The lowest BCUT2D eigenvalue weighted by Gasteiger charge is -2.18. The normalized spacial score (nSPS) is 12.2. The quantitative estimate of drug-likeness (QED) is 0.336. The Morgan fingerprint density at radius 2 is 1.57 bits per heavy atom. The highest BCUT2D eigenvalue weighted by Crippen LogP contribution is 2.27. The third-order valence-corrected chi connectivity index (χ3v) is 7.28. The van der Waals surface area contributed by atoms with E-state index in [0.29, 0.717) is 17.1 Å². The number of amides is 1. The highest BCUT2D eigenvalue weighted by molar-refractivity contribution is 7.92. The van der Waals surface area contributed by atoms with Gasteiger partial charge in [-0.05, 0) is 86.2 Å². The predicted molar refractivity (Wildman–Crippen MR) is 141 cm³/mol. The zero-order valence-corrected chi connectivity index (χ0v) is 20.9. The van der Waals surface area contributed by atoms with Crippen molar-refractivity contribution in [2.75, 3.05) is 10.0 Å². The SMILES string of the molecule is Cc1cc(C)c(C)c(O[C@@H](C)C(=O)Nc2ccc(S(=O)(=O)Nc3cccc4ccccc34)cc2)c1. The van der Waals surface area contributed by atoms with Crippen molar-refractivity contribution in [3.8, 4) is 5.75 Å². The number of rotatable bonds is 7. The van der Waals surface area contributed by atoms with Crippen LogP contribution >= 0.6 is 0 Å². The van der Waals surface area contributed by atoms with Crippen molar-refractivity contribution in [2.45, 2.75) is 38.7 Å². The summed E-state index contributed by atoms with van der Waals surface area (Å²) in [6.45, 7) is 7.62. The second-order valence-corrected chi connectivity index (χ2v) is 10.3. The third-order valence-electron chi connectivity index (χ3n) is 5.90. The van der Waals surface area contributed by atoms with Crippen molar-refractivity contribution >= 4 is 38.1 Å². The maximum Gasteiger partial charge on any atom is 0.265 e. The molecular formula is C28H28N2O4S. The molecule has 0 heterocycles. The largest absolute Gasteiger partial charge is 0.481 e. The molecular weight excluding hydrogens is 460 g/mol. The zero-order chi connectivity index (χ0) is 25.2. The molecule has 0 bridgehead atoms. The number of anilines is 2. The molecule has 6 nitrogen and oxygen atoms in total. The van der Waals surface area contributed by atoms with Gasteiger partial charge in [0.2, 0.25) is 0 Å². The lowest BCUT2D eigenvalue weighted by Crippen LogP contribution is -2.30. The van der Waals surface area contributed by atoms with Gasteiger partial charge < -0.3 is 10.1 Å². The van der Waals surface area contributed by atoms with E-state index in [4.69, 9.17) is 4.74 Å². The maximum absolute atomic E-state index is 13.0. The average Bonchev–Trinajstić information content (AvgIpc) is 2.82. The Morgan fingerprint density at radius 1 is 0.886 bits per heavy atom. The first kappa shape index (κ1) is 24.3. The van der Waals surface area contributed by atoms with E-state index in [1.54, 1.807) is 25.1 Å². The van der Waals surface area contributed by atoms with Crippen LogP contribution in [0.2, 0.25) is 0 Å². The summed E-state index contributed by atoms with van der Waals surface area (Å²) in [7, 11) is -3.81. The summed E-state index contributed by atoms with van der Waals surface area (Å²) < 4.78 is 34.5. The summed E-state index contributed by atoms with van der Waals surface area (Å²) in [6.07, 6.45) is -0.730. The van der Waals surface area contributed by atoms with Crippen LogP contribution in [-0.4, -0.2) is 20.4 Å². The number of hydrogen-bond acceptors (Lipinski definition) is 4. The number of hydrogen-bond donors (Lipinski definition) is 2. The van der Waals surface area contributed by atoms with Crippen LogP contribution in [0.15, 0.2) is 83.8 Å². The van der Waals surface area contributed by atoms with E-state index in [1.165, 1.54) is 12.1 Å². The highest BCUT2D eigenvalue weighted by Gasteiger charge is 2.19. The van der Waals surface area contributed by atoms with Gasteiger partial charge in [0.25, 0.3) is 15.9 Å². The Balaban J connectivity index is 1.45. The van der Waals surface area contributed by atoms with Gasteiger partial charge in [0.05, 0.1) is 10.6 Å². The molecule has 1 amide bonds. The Kier molecular flexibility index (Phi) is 6.80. The summed E-state index contributed by atoms with van der Waals surface area (Å²) in [5.41, 5.74) is 4.13. The Morgan fingerprint density at radius 3 is 2.31 bits per heavy atom. The van der Waals surface area contributed by atoms with Gasteiger partial charge in [-0.2, -0.15) is 0 Å². The minimum atomic E-state index is -3.81. The smallest absolute Gasteiger partial charge is 0.265 e. The Bertz CT molecular complexity index is 1490. The summed E-state index contributed by atoms with van der Waals surface area (Å²) in [5.74, 6) is 0.346. The number of sulfonamides is 1. The van der Waals surface area contributed by atoms with Crippen LogP contribution < -0.4 is 14.8 Å². The van der Waals surface area contributed by atoms with E-state index in [-0.39, 0.29) is 10.8 Å². The number of fused-ring (bicyclic) bond motifs is 1. The number of benzene rings is 4. The van der Waals surface area contributed by atoms with Gasteiger partial charge in [0.15, 0.2) is 6.10 Å². The van der Waals surface area contributed by atoms with Crippen LogP contribution in [0.1, 0.15) is 23.6 Å². The van der Waals surface area contributed by atoms with Crippen molar-refractivity contribution in [3.05, 3.63) is 95.6 Å². The first-order valence-electron chi connectivity index (χ1n) is 11.3. The first-order valence-corrected chi connectivity index (χ1v) is 12.8. The maximum atomic E-state index is 13.0. The van der Waals surface area contributed by atoms with Gasteiger partial charge in [0, 0.05) is 11.1 Å². The van der Waals surface area contributed by atoms with Crippen LogP contribution in [0, 0.1) is 20.8 Å². The fourth-order valence-corrected chi connectivity index (χ4v) is 4.93. The molecule has 4 aromatic carbocycles.